The van der Waals surface area contributed by atoms with E-state index in [0.29, 0.717) is 6.42 Å². The molecule has 1 atom stereocenters. The fourth-order valence-electron chi connectivity index (χ4n) is 1.97. The summed E-state index contributed by atoms with van der Waals surface area (Å²) in [6, 6.07) is -0.527. The number of aliphatic imine (C=N–C) groups is 1. The Bertz CT molecular complexity index is 504. The van der Waals surface area contributed by atoms with Crippen molar-refractivity contribution in [1.82, 2.24) is 5.32 Å². The molecule has 1 rings (SSSR count). The van der Waals surface area contributed by atoms with Crippen LogP contribution in [0.25, 0.3) is 0 Å². The van der Waals surface area contributed by atoms with Crippen LogP contribution in [-0.2, 0) is 14.3 Å². The van der Waals surface area contributed by atoms with E-state index in [-0.39, 0.29) is 12.5 Å². The molecule has 1 aliphatic rings. The Morgan fingerprint density at radius 3 is 3.04 bits per heavy atom. The van der Waals surface area contributed by atoms with Crippen LogP contribution in [0.4, 0.5) is 0 Å². The molecule has 0 aromatic carbocycles. The minimum atomic E-state index is -0.527. The summed E-state index contributed by atoms with van der Waals surface area (Å²) >= 11 is 0. The summed E-state index contributed by atoms with van der Waals surface area (Å²) in [4.78, 5) is 26.8. The molecule has 1 N–H and O–H groups in total. The number of carbonyl (C=O) groups excluding carboxylic acids is 2. The summed E-state index contributed by atoms with van der Waals surface area (Å²) in [7, 11) is 0. The van der Waals surface area contributed by atoms with Crippen molar-refractivity contribution in [1.29, 1.82) is 0 Å². The van der Waals surface area contributed by atoms with E-state index in [1.54, 1.807) is 12.2 Å². The highest BCUT2D eigenvalue weighted by atomic mass is 16.5. The molecule has 0 bridgehead atoms. The molecule has 0 aliphatic carbocycles. The quantitative estimate of drug-likeness (QED) is 0.276. The number of aldehydes is 1. The number of carbonyl (C=O) groups is 2. The van der Waals surface area contributed by atoms with Gasteiger partial charge in [0, 0.05) is 12.8 Å². The molecule has 1 amide bonds. The topological polar surface area (TPSA) is 67.8 Å². The van der Waals surface area contributed by atoms with Crippen LogP contribution in [0.1, 0.15) is 25.7 Å². The highest BCUT2D eigenvalue weighted by Crippen LogP contribution is 2.08. The zero-order valence-corrected chi connectivity index (χ0v) is 13.3. The number of allylic oxidation sites excluding steroid dienone is 4. The van der Waals surface area contributed by atoms with Gasteiger partial charge in [-0.2, -0.15) is 0 Å². The van der Waals surface area contributed by atoms with E-state index in [0.717, 1.165) is 32.1 Å². The monoisotopic (exact) mass is 316 g/mol. The maximum atomic E-state index is 11.6. The second-order valence-electron chi connectivity index (χ2n) is 5.03. The van der Waals surface area contributed by atoms with E-state index < -0.39 is 6.04 Å². The molecular formula is C18H24N2O3. The summed E-state index contributed by atoms with van der Waals surface area (Å²) in [6.45, 7) is 4.25. The number of hydrogen-bond acceptors (Lipinski definition) is 4. The summed E-state index contributed by atoms with van der Waals surface area (Å²) in [5.41, 5.74) is 1.26. The van der Waals surface area contributed by atoms with Gasteiger partial charge in [-0.15, -0.1) is 0 Å². The molecule has 5 nitrogen and oxygen atoms in total. The molecule has 0 aromatic rings. The summed E-state index contributed by atoms with van der Waals surface area (Å²) in [6.07, 6.45) is 16.6. The fourth-order valence-corrected chi connectivity index (χ4v) is 1.97. The lowest BCUT2D eigenvalue weighted by Gasteiger charge is -2.10. The van der Waals surface area contributed by atoms with E-state index in [2.05, 4.69) is 23.0 Å². The molecular weight excluding hydrogens is 292 g/mol. The van der Waals surface area contributed by atoms with Crippen LogP contribution in [0, 0.1) is 0 Å². The molecule has 0 saturated heterocycles. The van der Waals surface area contributed by atoms with Gasteiger partial charge in [-0.1, -0.05) is 30.9 Å². The maximum Gasteiger partial charge on any atom is 0.258 e. The van der Waals surface area contributed by atoms with E-state index in [1.807, 2.05) is 18.4 Å². The largest absolute Gasteiger partial charge is 0.491 e. The number of nitrogens with zero attached hydrogens (tertiary/aromatic N) is 1. The molecule has 0 unspecified atom stereocenters. The van der Waals surface area contributed by atoms with Crippen molar-refractivity contribution in [2.45, 2.75) is 31.7 Å². The third-order valence-corrected chi connectivity index (χ3v) is 3.11. The van der Waals surface area contributed by atoms with Crippen LogP contribution < -0.4 is 5.32 Å². The number of dihydropyridines is 1. The molecule has 0 saturated carbocycles. The number of rotatable bonds is 11. The smallest absolute Gasteiger partial charge is 0.258 e. The lowest BCUT2D eigenvalue weighted by atomic mass is 10.1. The SMILES string of the molecule is C=C/C=C/OCC(=O)N[C@H](C=O)C/C=C/CCC1=CCCN=C1. The van der Waals surface area contributed by atoms with Gasteiger partial charge < -0.3 is 14.8 Å². The Morgan fingerprint density at radius 1 is 1.48 bits per heavy atom. The predicted molar refractivity (Wildman–Crippen MR) is 92.3 cm³/mol. The van der Waals surface area contributed by atoms with Crippen LogP contribution in [0.5, 0.6) is 0 Å². The zero-order chi connectivity index (χ0) is 16.8. The Morgan fingerprint density at radius 2 is 2.35 bits per heavy atom. The standard InChI is InChI=1S/C18H24N2O3/c1-2-3-12-23-15-18(22)20-17(14-21)10-6-4-5-8-16-9-7-11-19-13-16/h2-4,6,9,12-14,17H,1,5,7-8,10-11,15H2,(H,20,22)/b6-4+,12-3+/t17-/m0/s1. The molecule has 5 heteroatoms. The van der Waals surface area contributed by atoms with Crippen LogP contribution in [0.15, 0.2) is 53.8 Å². The van der Waals surface area contributed by atoms with Gasteiger partial charge in [0.1, 0.15) is 6.29 Å². The van der Waals surface area contributed by atoms with Crippen molar-refractivity contribution in [2.24, 2.45) is 4.99 Å². The number of ether oxygens (including phenoxy) is 1. The van der Waals surface area contributed by atoms with Gasteiger partial charge in [-0.25, -0.2) is 0 Å². The number of nitrogens with one attached hydrogen (secondary N) is 1. The minimum absolute atomic E-state index is 0.119. The molecule has 124 valence electrons. The molecule has 0 radical (unpaired) electrons. The lowest BCUT2D eigenvalue weighted by Crippen LogP contribution is -2.37. The van der Waals surface area contributed by atoms with Crippen molar-refractivity contribution in [3.8, 4) is 0 Å². The average molecular weight is 316 g/mol. The summed E-state index contributed by atoms with van der Waals surface area (Å²) < 4.78 is 4.98. The molecule has 1 heterocycles. The second-order valence-corrected chi connectivity index (χ2v) is 5.03. The Hall–Kier alpha value is -2.43. The van der Waals surface area contributed by atoms with E-state index in [1.165, 1.54) is 11.8 Å². The van der Waals surface area contributed by atoms with E-state index in [9.17, 15) is 9.59 Å². The minimum Gasteiger partial charge on any atom is -0.491 e. The van der Waals surface area contributed by atoms with Gasteiger partial charge in [-0.3, -0.25) is 9.79 Å². The van der Waals surface area contributed by atoms with Crippen molar-refractivity contribution in [3.05, 3.63) is 48.8 Å². The normalized spacial score (nSPS) is 15.4. The summed E-state index contributed by atoms with van der Waals surface area (Å²) in [5.74, 6) is -0.326. The average Bonchev–Trinajstić information content (AvgIpc) is 2.58. The fraction of sp³-hybridized carbons (Fsp3) is 0.389. The highest BCUT2D eigenvalue weighted by molar-refractivity contribution is 5.80. The Kier molecular flexibility index (Phi) is 9.83. The van der Waals surface area contributed by atoms with Crippen LogP contribution in [0.3, 0.4) is 0 Å². The van der Waals surface area contributed by atoms with Crippen molar-refractivity contribution in [2.75, 3.05) is 13.2 Å². The van der Waals surface area contributed by atoms with Crippen molar-refractivity contribution in [3.63, 3.8) is 0 Å². The van der Waals surface area contributed by atoms with Gasteiger partial charge in [0.2, 0.25) is 0 Å². The predicted octanol–water partition coefficient (Wildman–Crippen LogP) is 2.51. The van der Waals surface area contributed by atoms with Gasteiger partial charge >= 0.3 is 0 Å². The van der Waals surface area contributed by atoms with Crippen LogP contribution in [-0.4, -0.2) is 37.6 Å². The van der Waals surface area contributed by atoms with Gasteiger partial charge in [0.25, 0.3) is 5.91 Å². The number of amides is 1. The van der Waals surface area contributed by atoms with Crippen molar-refractivity contribution < 1.29 is 14.3 Å². The molecule has 0 fully saturated rings. The Labute approximate surface area is 137 Å². The van der Waals surface area contributed by atoms with Gasteiger partial charge in [0.05, 0.1) is 12.3 Å². The lowest BCUT2D eigenvalue weighted by molar-refractivity contribution is -0.126. The third kappa shape index (κ3) is 9.24. The molecule has 0 aromatic heterocycles. The first-order chi connectivity index (χ1) is 11.3. The highest BCUT2D eigenvalue weighted by Gasteiger charge is 2.09. The van der Waals surface area contributed by atoms with Gasteiger partial charge in [0.15, 0.2) is 6.61 Å². The van der Waals surface area contributed by atoms with Crippen LogP contribution >= 0.6 is 0 Å². The third-order valence-electron chi connectivity index (χ3n) is 3.11. The van der Waals surface area contributed by atoms with Crippen molar-refractivity contribution >= 4 is 18.4 Å². The Balaban J connectivity index is 2.20. The van der Waals surface area contributed by atoms with Crippen LogP contribution in [0.2, 0.25) is 0 Å². The first kappa shape index (κ1) is 18.6. The first-order valence-corrected chi connectivity index (χ1v) is 7.74. The zero-order valence-electron chi connectivity index (χ0n) is 13.3. The maximum absolute atomic E-state index is 11.6. The molecule has 0 spiro atoms. The number of hydrogen-bond donors (Lipinski definition) is 1. The van der Waals surface area contributed by atoms with Gasteiger partial charge in [-0.05, 0) is 37.3 Å². The second kappa shape index (κ2) is 12.1. The molecule has 1 aliphatic heterocycles. The summed E-state index contributed by atoms with van der Waals surface area (Å²) in [5, 5.41) is 2.61. The van der Waals surface area contributed by atoms with E-state index in [4.69, 9.17) is 4.74 Å². The first-order valence-electron chi connectivity index (χ1n) is 7.74. The molecule has 23 heavy (non-hydrogen) atoms. The van der Waals surface area contributed by atoms with E-state index >= 15 is 0 Å².